The van der Waals surface area contributed by atoms with Gasteiger partial charge in [0.15, 0.2) is 17.2 Å². The number of aromatic carboxylic acids is 1. The van der Waals surface area contributed by atoms with Gasteiger partial charge in [-0.25, -0.2) is 22.3 Å². The van der Waals surface area contributed by atoms with Crippen LogP contribution in [0.1, 0.15) is 76.1 Å². The van der Waals surface area contributed by atoms with E-state index in [-0.39, 0.29) is 96.5 Å². The minimum atomic E-state index is -3.70. The number of carbonyl (C=O) groups excluding carboxylic acids is 5. The number of anilines is 3. The molecule has 19 nitrogen and oxygen atoms in total. The highest BCUT2D eigenvalue weighted by molar-refractivity contribution is 7.88. The van der Waals surface area contributed by atoms with Crippen molar-refractivity contribution in [3.05, 3.63) is 93.3 Å². The van der Waals surface area contributed by atoms with E-state index in [0.29, 0.717) is 76.4 Å². The number of hydrogen-bond donors (Lipinski definition) is 7. The zero-order valence-electron chi connectivity index (χ0n) is 36.0. The minimum Gasteiger partial charge on any atom is -0.479 e. The van der Waals surface area contributed by atoms with Crippen LogP contribution in [0.5, 0.6) is 5.75 Å². The van der Waals surface area contributed by atoms with Crippen molar-refractivity contribution in [2.24, 2.45) is 0 Å². The molecule has 3 aromatic carbocycles. The first-order chi connectivity index (χ1) is 32.1. The van der Waals surface area contributed by atoms with Crippen molar-refractivity contribution in [2.45, 2.75) is 69.3 Å². The lowest BCUT2D eigenvalue weighted by Gasteiger charge is -2.32. The number of carbonyl (C=O) groups is 7. The fraction of sp³-hybridized carbons (Fsp3) is 0.356. The van der Waals surface area contributed by atoms with Gasteiger partial charge in [0, 0.05) is 73.3 Å². The maximum atomic E-state index is 13.5. The molecule has 0 radical (unpaired) electrons. The van der Waals surface area contributed by atoms with Gasteiger partial charge < -0.3 is 41.1 Å². The highest BCUT2D eigenvalue weighted by Crippen LogP contribution is 2.46. The summed E-state index contributed by atoms with van der Waals surface area (Å²) in [5, 5.41) is 33.1. The predicted molar refractivity (Wildman–Crippen MR) is 249 cm³/mol. The molecule has 4 heterocycles. The van der Waals surface area contributed by atoms with E-state index in [1.54, 1.807) is 60.7 Å². The molecule has 7 N–H and O–H groups in total. The van der Waals surface area contributed by atoms with E-state index in [4.69, 9.17) is 21.4 Å². The Labute approximate surface area is 394 Å². The first-order valence-electron chi connectivity index (χ1n) is 21.5. The molecule has 22 heteroatoms. The molecule has 67 heavy (non-hydrogen) atoms. The number of carboxylic acid groups (broad SMARTS) is 2. The smallest absolute Gasteiger partial charge is 0.349 e. The lowest BCUT2D eigenvalue weighted by Crippen LogP contribution is -2.52. The summed E-state index contributed by atoms with van der Waals surface area (Å²) in [6, 6.07) is 18.1. The Kier molecular flexibility index (Phi) is 15.4. The second-order valence-electron chi connectivity index (χ2n) is 16.2. The number of benzene rings is 3. The number of fused-ring (bicyclic) bond motifs is 1. The number of piperidine rings is 2. The van der Waals surface area contributed by atoms with Crippen LogP contribution in [-0.2, 0) is 46.3 Å². The number of nitrogens with one attached hydrogen (secondary N) is 5. The number of ether oxygens (including phenoxy) is 1. The molecule has 2 saturated heterocycles. The molecule has 3 aliphatic heterocycles. The van der Waals surface area contributed by atoms with Crippen molar-refractivity contribution in [3.63, 3.8) is 0 Å². The number of unbranched alkanes of at least 4 members (excludes halogenated alkanes) is 1. The zero-order valence-corrected chi connectivity index (χ0v) is 38.4. The van der Waals surface area contributed by atoms with Crippen LogP contribution in [-0.4, -0.2) is 114 Å². The lowest BCUT2D eigenvalue weighted by molar-refractivity contribution is -0.139. The number of halogens is 1. The molecule has 1 atom stereocenters. The summed E-state index contributed by atoms with van der Waals surface area (Å²) in [7, 11) is -3.70. The maximum absolute atomic E-state index is 13.5. The number of sulfonamides is 1. The summed E-state index contributed by atoms with van der Waals surface area (Å²) in [5.41, 5.74) is 3.97. The van der Waals surface area contributed by atoms with Crippen LogP contribution in [0.15, 0.2) is 66.7 Å². The van der Waals surface area contributed by atoms with E-state index >= 15 is 0 Å². The van der Waals surface area contributed by atoms with Crippen LogP contribution in [0, 0.1) is 0 Å². The number of thiophene rings is 1. The molecule has 1 aromatic heterocycles. The lowest BCUT2D eigenvalue weighted by atomic mass is 10.0. The number of aliphatic carboxylic acids is 1. The molecule has 0 aliphatic carbocycles. The van der Waals surface area contributed by atoms with E-state index in [1.165, 1.54) is 9.21 Å². The van der Waals surface area contributed by atoms with Gasteiger partial charge in [-0.2, -0.15) is 0 Å². The van der Waals surface area contributed by atoms with Crippen LogP contribution in [0.25, 0.3) is 10.4 Å². The van der Waals surface area contributed by atoms with Crippen LogP contribution in [0.2, 0.25) is 5.02 Å². The van der Waals surface area contributed by atoms with Gasteiger partial charge in [-0.3, -0.25) is 29.3 Å². The van der Waals surface area contributed by atoms with Gasteiger partial charge >= 0.3 is 11.9 Å². The third kappa shape index (κ3) is 12.1. The molecular formula is C45H48ClN7O12S2. The van der Waals surface area contributed by atoms with Crippen molar-refractivity contribution in [1.82, 2.24) is 19.8 Å². The number of amides is 5. The van der Waals surface area contributed by atoms with E-state index in [9.17, 15) is 47.1 Å². The Morgan fingerprint density at radius 2 is 1.66 bits per heavy atom. The minimum absolute atomic E-state index is 0.00624. The summed E-state index contributed by atoms with van der Waals surface area (Å²) in [6.45, 7) is 0.239. The van der Waals surface area contributed by atoms with Gasteiger partial charge in [-0.05, 0) is 79.6 Å². The van der Waals surface area contributed by atoms with E-state index in [0.717, 1.165) is 11.3 Å². The Hall–Kier alpha value is -6.55. The van der Waals surface area contributed by atoms with Crippen LogP contribution < -0.4 is 31.3 Å². The molecule has 354 valence electrons. The van der Waals surface area contributed by atoms with Crippen molar-refractivity contribution < 1.29 is 56.9 Å². The van der Waals surface area contributed by atoms with Gasteiger partial charge in [0.25, 0.3) is 5.91 Å². The van der Waals surface area contributed by atoms with Crippen LogP contribution in [0.3, 0.4) is 0 Å². The summed E-state index contributed by atoms with van der Waals surface area (Å²) < 4.78 is 33.7. The quantitative estimate of drug-likeness (QED) is 0.0466. The number of rotatable bonds is 20. The second-order valence-corrected chi connectivity index (χ2v) is 19.6. The van der Waals surface area contributed by atoms with Crippen molar-refractivity contribution >= 4 is 91.5 Å². The highest BCUT2D eigenvalue weighted by atomic mass is 35.5. The Morgan fingerprint density at radius 1 is 0.910 bits per heavy atom. The largest absolute Gasteiger partial charge is 0.479 e. The predicted octanol–water partition coefficient (Wildman–Crippen LogP) is 4.73. The van der Waals surface area contributed by atoms with Crippen molar-refractivity contribution in [2.75, 3.05) is 48.7 Å². The summed E-state index contributed by atoms with van der Waals surface area (Å²) >= 11 is 7.34. The standard InChI is InChI=1S/C45H48ClN7O12S2/c46-39-40(65-24-38(57)58)42(45(61)62)66-41(39)27-7-4-9-30(21-27)49-28-15-18-52(19-16-28)67(63,64)25-26-6-3-8-29(20-26)50-35(54)12-1-2-17-47-37(56)22-48-33-11-5-10-31-32(33)23-53(44(31)60)34-13-14-36(55)51-43(34)59/h3-11,20-21,28,34,48-49H,1-2,12-19,22-25H2,(H,47,56)(H,50,54)(H,57,58)(H,61,62)(H,51,55,59). The topological polar surface area (TPSA) is 270 Å². The first kappa shape index (κ1) is 48.4. The van der Waals surface area contributed by atoms with Crippen molar-refractivity contribution in [3.8, 4) is 16.2 Å². The fourth-order valence-corrected chi connectivity index (χ4v) is 11.1. The summed E-state index contributed by atoms with van der Waals surface area (Å²) in [4.78, 5) is 87.0. The van der Waals surface area contributed by atoms with E-state index in [1.807, 2.05) is 6.07 Å². The number of carboxylic acids is 2. The third-order valence-electron chi connectivity index (χ3n) is 11.4. The number of hydrogen-bond acceptors (Lipinski definition) is 13. The fourth-order valence-electron chi connectivity index (χ4n) is 8.14. The first-order valence-corrected chi connectivity index (χ1v) is 24.3. The molecule has 0 spiro atoms. The normalized spacial score (nSPS) is 16.5. The molecule has 7 rings (SSSR count). The highest BCUT2D eigenvalue weighted by Gasteiger charge is 2.40. The number of imide groups is 1. The molecular weight excluding hydrogens is 930 g/mol. The average Bonchev–Trinajstić information content (AvgIpc) is 3.80. The average molecular weight is 979 g/mol. The van der Waals surface area contributed by atoms with Gasteiger partial charge in [0.2, 0.25) is 33.7 Å². The van der Waals surface area contributed by atoms with E-state index in [2.05, 4.69) is 26.6 Å². The Bertz CT molecular complexity index is 2700. The molecule has 0 saturated carbocycles. The molecule has 1 unspecified atom stereocenters. The van der Waals surface area contributed by atoms with Gasteiger partial charge in [-0.15, -0.1) is 11.3 Å². The van der Waals surface area contributed by atoms with Gasteiger partial charge in [0.1, 0.15) is 11.1 Å². The molecule has 3 aliphatic rings. The summed E-state index contributed by atoms with van der Waals surface area (Å²) in [5.74, 6) is -4.76. The zero-order chi connectivity index (χ0) is 47.8. The number of nitrogens with zero attached hydrogens (tertiary/aromatic N) is 2. The van der Waals surface area contributed by atoms with Gasteiger partial charge in [-0.1, -0.05) is 41.9 Å². The third-order valence-corrected chi connectivity index (χ3v) is 15.0. The molecule has 0 bridgehead atoms. The molecule has 2 fully saturated rings. The molecule has 4 aromatic rings. The SMILES string of the molecule is O=C(O)COc1c(C(=O)O)sc(-c2cccc(NC3CCN(S(=O)(=O)Cc4cccc(NC(=O)CCCCNC(=O)CNc5cccc6c5CN(C5CCC(=O)NC5=O)C6=O)c4)CC3)c2)c1Cl. The van der Waals surface area contributed by atoms with Crippen LogP contribution in [0.4, 0.5) is 17.1 Å². The van der Waals surface area contributed by atoms with Crippen LogP contribution >= 0.6 is 22.9 Å². The van der Waals surface area contributed by atoms with E-state index < -0.39 is 40.5 Å². The second kappa shape index (κ2) is 21.4. The maximum Gasteiger partial charge on any atom is 0.349 e. The monoisotopic (exact) mass is 977 g/mol. The van der Waals surface area contributed by atoms with Gasteiger partial charge in [0.05, 0.1) is 17.2 Å². The Balaban J connectivity index is 0.811. The molecule has 5 amide bonds. The van der Waals surface area contributed by atoms with Crippen molar-refractivity contribution in [1.29, 1.82) is 0 Å². The Morgan fingerprint density at radius 3 is 2.40 bits per heavy atom. The summed E-state index contributed by atoms with van der Waals surface area (Å²) in [6.07, 6.45) is 2.62.